The number of hydrogen-bond acceptors (Lipinski definition) is 3. The lowest BCUT2D eigenvalue weighted by Crippen LogP contribution is -2.23. The van der Waals surface area contributed by atoms with Crippen molar-refractivity contribution in [2.45, 2.75) is 33.7 Å². The van der Waals surface area contributed by atoms with E-state index in [9.17, 15) is 0 Å². The van der Waals surface area contributed by atoms with E-state index in [0.717, 1.165) is 44.2 Å². The zero-order valence-corrected chi connectivity index (χ0v) is 10.0. The number of imidazole rings is 1. The molecule has 0 saturated carbocycles. The van der Waals surface area contributed by atoms with Crippen LogP contribution in [-0.4, -0.2) is 29.6 Å². The molecule has 0 atom stereocenters. The van der Waals surface area contributed by atoms with Crippen LogP contribution in [0, 0.1) is 0 Å². The fraction of sp³-hybridized carbons (Fsp3) is 0.727. The summed E-state index contributed by atoms with van der Waals surface area (Å²) in [7, 11) is 0. The first kappa shape index (κ1) is 12.0. The summed E-state index contributed by atoms with van der Waals surface area (Å²) in [5.74, 6) is 0.980. The lowest BCUT2D eigenvalue weighted by molar-refractivity contribution is 0.666. The first-order valence-corrected chi connectivity index (χ1v) is 5.81. The maximum absolute atomic E-state index is 4.37. The minimum absolute atomic E-state index is 0.877. The van der Waals surface area contributed by atoms with Gasteiger partial charge in [0.15, 0.2) is 0 Å². The van der Waals surface area contributed by atoms with Crippen molar-refractivity contribution in [1.82, 2.24) is 15.3 Å². The average molecular weight is 210 g/mol. The van der Waals surface area contributed by atoms with Crippen molar-refractivity contribution in [2.24, 2.45) is 0 Å². The van der Waals surface area contributed by atoms with Crippen LogP contribution in [0.5, 0.6) is 0 Å². The highest BCUT2D eigenvalue weighted by Crippen LogP contribution is 2.08. The van der Waals surface area contributed by atoms with Crippen LogP contribution in [0.3, 0.4) is 0 Å². The molecule has 1 aromatic rings. The smallest absolute Gasteiger partial charge is 0.202 e. The molecule has 0 spiro atoms. The van der Waals surface area contributed by atoms with Gasteiger partial charge in [-0.15, -0.1) is 0 Å². The molecule has 1 rings (SSSR count). The average Bonchev–Trinajstić information content (AvgIpc) is 2.69. The van der Waals surface area contributed by atoms with Crippen LogP contribution in [0.25, 0.3) is 0 Å². The number of anilines is 1. The highest BCUT2D eigenvalue weighted by atomic mass is 15.3. The molecule has 0 radical (unpaired) electrons. The molecule has 0 aliphatic rings. The van der Waals surface area contributed by atoms with Crippen LogP contribution in [0.4, 0.5) is 5.95 Å². The molecule has 1 aromatic heterocycles. The quantitative estimate of drug-likeness (QED) is 0.674. The van der Waals surface area contributed by atoms with Gasteiger partial charge in [-0.2, -0.15) is 0 Å². The third-order valence-corrected chi connectivity index (χ3v) is 2.42. The maximum atomic E-state index is 4.37. The maximum Gasteiger partial charge on any atom is 0.202 e. The monoisotopic (exact) mass is 210 g/mol. The predicted octanol–water partition coefficient (Wildman–Crippen LogP) is 1.76. The molecule has 0 aliphatic heterocycles. The van der Waals surface area contributed by atoms with Gasteiger partial charge in [-0.3, -0.25) is 0 Å². The van der Waals surface area contributed by atoms with Crippen LogP contribution >= 0.6 is 0 Å². The van der Waals surface area contributed by atoms with Gasteiger partial charge in [0.1, 0.15) is 0 Å². The third-order valence-electron chi connectivity index (χ3n) is 2.42. The lowest BCUT2D eigenvalue weighted by Gasteiger charge is -2.16. The number of H-pyrrole nitrogens is 1. The van der Waals surface area contributed by atoms with Gasteiger partial charge in [0.2, 0.25) is 5.95 Å². The molecule has 0 saturated heterocycles. The fourth-order valence-corrected chi connectivity index (χ4v) is 1.52. The summed E-state index contributed by atoms with van der Waals surface area (Å²) in [6.07, 6.45) is 3.08. The molecule has 1 heterocycles. The van der Waals surface area contributed by atoms with Gasteiger partial charge < -0.3 is 15.2 Å². The molecule has 86 valence electrons. The van der Waals surface area contributed by atoms with E-state index in [1.165, 1.54) is 0 Å². The van der Waals surface area contributed by atoms with Crippen molar-refractivity contribution in [3.05, 3.63) is 11.9 Å². The Morgan fingerprint density at radius 2 is 2.07 bits per heavy atom. The van der Waals surface area contributed by atoms with Crippen LogP contribution in [-0.2, 0) is 6.54 Å². The molecular weight excluding hydrogens is 188 g/mol. The summed E-state index contributed by atoms with van der Waals surface area (Å²) >= 11 is 0. The molecule has 15 heavy (non-hydrogen) atoms. The van der Waals surface area contributed by atoms with Crippen molar-refractivity contribution in [1.29, 1.82) is 0 Å². The normalized spacial score (nSPS) is 10.6. The van der Waals surface area contributed by atoms with Gasteiger partial charge in [0.25, 0.3) is 0 Å². The number of nitrogens with zero attached hydrogens (tertiary/aromatic N) is 2. The Morgan fingerprint density at radius 3 is 2.67 bits per heavy atom. The second-order valence-electron chi connectivity index (χ2n) is 3.58. The Bertz CT molecular complexity index is 265. The van der Waals surface area contributed by atoms with Gasteiger partial charge in [-0.05, 0) is 26.8 Å². The number of rotatable bonds is 7. The minimum atomic E-state index is 0.877. The molecule has 2 N–H and O–H groups in total. The number of aromatic nitrogens is 2. The summed E-state index contributed by atoms with van der Waals surface area (Å²) in [6, 6.07) is 0. The molecular formula is C11H22N4. The second-order valence-corrected chi connectivity index (χ2v) is 3.58. The molecule has 0 bridgehead atoms. The van der Waals surface area contributed by atoms with E-state index in [1.807, 2.05) is 6.20 Å². The third kappa shape index (κ3) is 3.55. The Labute approximate surface area is 92.1 Å². The van der Waals surface area contributed by atoms with Crippen molar-refractivity contribution >= 4 is 5.95 Å². The summed E-state index contributed by atoms with van der Waals surface area (Å²) in [4.78, 5) is 9.91. The van der Waals surface area contributed by atoms with E-state index in [2.05, 4.69) is 41.0 Å². The Hall–Kier alpha value is -1.03. The van der Waals surface area contributed by atoms with Crippen molar-refractivity contribution in [3.8, 4) is 0 Å². The van der Waals surface area contributed by atoms with Crippen LogP contribution in [0.15, 0.2) is 6.20 Å². The van der Waals surface area contributed by atoms with E-state index in [-0.39, 0.29) is 0 Å². The van der Waals surface area contributed by atoms with Crippen LogP contribution in [0.2, 0.25) is 0 Å². The number of hydrogen-bond donors (Lipinski definition) is 2. The second kappa shape index (κ2) is 6.45. The SMILES string of the molecule is CCCNCc1cnc(N(CC)CC)[nH]1. The summed E-state index contributed by atoms with van der Waals surface area (Å²) in [5, 5.41) is 3.35. The van der Waals surface area contributed by atoms with Crippen molar-refractivity contribution in [3.63, 3.8) is 0 Å². The lowest BCUT2D eigenvalue weighted by atomic mass is 10.4. The minimum Gasteiger partial charge on any atom is -0.343 e. The van der Waals surface area contributed by atoms with Crippen LogP contribution < -0.4 is 10.2 Å². The first-order valence-electron chi connectivity index (χ1n) is 5.81. The molecule has 0 amide bonds. The van der Waals surface area contributed by atoms with Gasteiger partial charge >= 0.3 is 0 Å². The van der Waals surface area contributed by atoms with Gasteiger partial charge in [-0.1, -0.05) is 6.92 Å². The Morgan fingerprint density at radius 1 is 1.33 bits per heavy atom. The number of nitrogens with one attached hydrogen (secondary N) is 2. The van der Waals surface area contributed by atoms with Crippen LogP contribution in [0.1, 0.15) is 32.9 Å². The largest absolute Gasteiger partial charge is 0.343 e. The van der Waals surface area contributed by atoms with Crippen molar-refractivity contribution in [2.75, 3.05) is 24.5 Å². The predicted molar refractivity (Wildman–Crippen MR) is 64.1 cm³/mol. The molecule has 4 nitrogen and oxygen atoms in total. The van der Waals surface area contributed by atoms with Gasteiger partial charge in [0.05, 0.1) is 11.9 Å². The van der Waals surface area contributed by atoms with E-state index < -0.39 is 0 Å². The highest BCUT2D eigenvalue weighted by Gasteiger charge is 2.05. The molecule has 0 aromatic carbocycles. The highest BCUT2D eigenvalue weighted by molar-refractivity contribution is 5.30. The van der Waals surface area contributed by atoms with Crippen molar-refractivity contribution < 1.29 is 0 Å². The first-order chi connectivity index (χ1) is 7.31. The molecule has 0 unspecified atom stereocenters. The van der Waals surface area contributed by atoms with E-state index in [0.29, 0.717) is 0 Å². The standard InChI is InChI=1S/C11H22N4/c1-4-7-12-8-10-9-13-11(14-10)15(5-2)6-3/h9,12H,4-8H2,1-3H3,(H,13,14). The summed E-state index contributed by atoms with van der Waals surface area (Å²) in [6.45, 7) is 10.4. The summed E-state index contributed by atoms with van der Waals surface area (Å²) < 4.78 is 0. The Kier molecular flexibility index (Phi) is 5.18. The molecule has 0 fully saturated rings. The summed E-state index contributed by atoms with van der Waals surface area (Å²) in [5.41, 5.74) is 1.16. The topological polar surface area (TPSA) is 44.0 Å². The molecule has 0 aliphatic carbocycles. The van der Waals surface area contributed by atoms with E-state index in [4.69, 9.17) is 0 Å². The van der Waals surface area contributed by atoms with Gasteiger partial charge in [-0.25, -0.2) is 4.98 Å². The zero-order chi connectivity index (χ0) is 11.1. The van der Waals surface area contributed by atoms with Gasteiger partial charge in [0, 0.05) is 19.6 Å². The van der Waals surface area contributed by atoms with E-state index >= 15 is 0 Å². The molecule has 4 heteroatoms. The van der Waals surface area contributed by atoms with E-state index in [1.54, 1.807) is 0 Å². The Balaban J connectivity index is 2.47. The zero-order valence-electron chi connectivity index (χ0n) is 10.0. The fourth-order valence-electron chi connectivity index (χ4n) is 1.52. The number of aromatic amines is 1.